The van der Waals surface area contributed by atoms with Gasteiger partial charge in [0.25, 0.3) is 5.91 Å². The highest BCUT2D eigenvalue weighted by Crippen LogP contribution is 2.29. The third-order valence-electron chi connectivity index (χ3n) is 4.76. The van der Waals surface area contributed by atoms with Crippen LogP contribution < -0.4 is 0 Å². The predicted molar refractivity (Wildman–Crippen MR) is 97.5 cm³/mol. The van der Waals surface area contributed by atoms with Crippen molar-refractivity contribution in [3.63, 3.8) is 0 Å². The Kier molecular flexibility index (Phi) is 3.88. The van der Waals surface area contributed by atoms with Gasteiger partial charge in [-0.25, -0.2) is 4.98 Å². The minimum Gasteiger partial charge on any atom is -0.338 e. The Hall–Kier alpha value is -2.14. The first kappa shape index (κ1) is 15.4. The number of aromatic nitrogens is 2. The molecule has 0 radical (unpaired) electrons. The number of amides is 1. The molecule has 2 aromatic heterocycles. The number of hydrogen-bond acceptors (Lipinski definition) is 3. The SMILES string of the molecule is Cc1c(C(=O)N2CCCC(C)C2)sc2nc(-c3ccccc3)cn12. The normalized spacial score (nSPS) is 18.2. The molecule has 24 heavy (non-hydrogen) atoms. The molecule has 4 rings (SSSR count). The van der Waals surface area contributed by atoms with Crippen LogP contribution in [0, 0.1) is 12.8 Å². The van der Waals surface area contributed by atoms with E-state index in [4.69, 9.17) is 4.98 Å². The number of carbonyl (C=O) groups is 1. The van der Waals surface area contributed by atoms with Crippen molar-refractivity contribution in [3.05, 3.63) is 47.1 Å². The molecule has 0 spiro atoms. The second-order valence-electron chi connectivity index (χ2n) is 6.66. The molecule has 1 aromatic carbocycles. The lowest BCUT2D eigenvalue weighted by Crippen LogP contribution is -2.39. The van der Waals surface area contributed by atoms with Gasteiger partial charge >= 0.3 is 0 Å². The van der Waals surface area contributed by atoms with Crippen LogP contribution in [0.25, 0.3) is 16.2 Å². The van der Waals surface area contributed by atoms with E-state index in [1.54, 1.807) is 0 Å². The summed E-state index contributed by atoms with van der Waals surface area (Å²) >= 11 is 1.50. The summed E-state index contributed by atoms with van der Waals surface area (Å²) in [4.78, 5) is 21.3. The van der Waals surface area contributed by atoms with Gasteiger partial charge in [0.1, 0.15) is 4.88 Å². The Morgan fingerprint density at radius 3 is 2.79 bits per heavy atom. The fourth-order valence-electron chi connectivity index (χ4n) is 3.41. The Balaban J connectivity index is 1.67. The number of nitrogens with zero attached hydrogens (tertiary/aromatic N) is 3. The zero-order chi connectivity index (χ0) is 16.7. The molecular formula is C19H21N3OS. The predicted octanol–water partition coefficient (Wildman–Crippen LogP) is 4.24. The second kappa shape index (κ2) is 6.06. The van der Waals surface area contributed by atoms with E-state index < -0.39 is 0 Å². The van der Waals surface area contributed by atoms with E-state index >= 15 is 0 Å². The summed E-state index contributed by atoms with van der Waals surface area (Å²) < 4.78 is 2.05. The number of hydrogen-bond donors (Lipinski definition) is 0. The molecule has 1 aliphatic heterocycles. The van der Waals surface area contributed by atoms with Gasteiger partial charge < -0.3 is 4.90 Å². The summed E-state index contributed by atoms with van der Waals surface area (Å²) in [6, 6.07) is 10.2. The summed E-state index contributed by atoms with van der Waals surface area (Å²) in [5, 5.41) is 0. The molecule has 0 bridgehead atoms. The van der Waals surface area contributed by atoms with Crippen molar-refractivity contribution in [2.24, 2.45) is 5.92 Å². The molecule has 124 valence electrons. The number of likely N-dealkylation sites (tertiary alicyclic amines) is 1. The first-order chi connectivity index (χ1) is 11.6. The maximum absolute atomic E-state index is 12.9. The van der Waals surface area contributed by atoms with E-state index in [-0.39, 0.29) is 5.91 Å². The van der Waals surface area contributed by atoms with Gasteiger partial charge in [0.15, 0.2) is 4.96 Å². The Bertz CT molecular complexity index is 881. The lowest BCUT2D eigenvalue weighted by Gasteiger charge is -2.30. The zero-order valence-corrected chi connectivity index (χ0v) is 14.8. The van der Waals surface area contributed by atoms with Gasteiger partial charge in [0.2, 0.25) is 0 Å². The minimum atomic E-state index is 0.163. The van der Waals surface area contributed by atoms with Gasteiger partial charge in [-0.3, -0.25) is 9.20 Å². The van der Waals surface area contributed by atoms with Crippen LogP contribution in [-0.4, -0.2) is 33.3 Å². The molecule has 3 heterocycles. The quantitative estimate of drug-likeness (QED) is 0.700. The van der Waals surface area contributed by atoms with Gasteiger partial charge in [-0.05, 0) is 25.7 Å². The van der Waals surface area contributed by atoms with E-state index in [0.29, 0.717) is 5.92 Å². The molecule has 1 aliphatic rings. The molecule has 1 saturated heterocycles. The maximum atomic E-state index is 12.9. The van der Waals surface area contributed by atoms with Crippen LogP contribution in [-0.2, 0) is 0 Å². The fraction of sp³-hybridized carbons (Fsp3) is 0.368. The lowest BCUT2D eigenvalue weighted by atomic mass is 10.0. The largest absolute Gasteiger partial charge is 0.338 e. The topological polar surface area (TPSA) is 37.6 Å². The molecule has 0 aliphatic carbocycles. The lowest BCUT2D eigenvalue weighted by molar-refractivity contribution is 0.0687. The van der Waals surface area contributed by atoms with E-state index in [0.717, 1.165) is 46.3 Å². The van der Waals surface area contributed by atoms with Crippen molar-refractivity contribution < 1.29 is 4.79 Å². The summed E-state index contributed by atoms with van der Waals surface area (Å²) in [5.41, 5.74) is 3.05. The first-order valence-electron chi connectivity index (χ1n) is 8.46. The molecule has 1 atom stereocenters. The number of piperidine rings is 1. The molecular weight excluding hydrogens is 318 g/mol. The molecule has 1 unspecified atom stereocenters. The van der Waals surface area contributed by atoms with Crippen molar-refractivity contribution in [3.8, 4) is 11.3 Å². The van der Waals surface area contributed by atoms with Gasteiger partial charge in [0.05, 0.1) is 5.69 Å². The number of benzene rings is 1. The fourth-order valence-corrected chi connectivity index (χ4v) is 4.49. The molecule has 0 saturated carbocycles. The van der Waals surface area contributed by atoms with E-state index in [2.05, 4.69) is 19.1 Å². The highest BCUT2D eigenvalue weighted by atomic mass is 32.1. The smallest absolute Gasteiger partial charge is 0.265 e. The van der Waals surface area contributed by atoms with Gasteiger partial charge in [-0.2, -0.15) is 0 Å². The van der Waals surface area contributed by atoms with E-state index in [1.165, 1.54) is 17.8 Å². The Labute approximate surface area is 145 Å². The number of thiazole rings is 1. The summed E-state index contributed by atoms with van der Waals surface area (Å²) in [5.74, 6) is 0.757. The molecule has 0 N–H and O–H groups in total. The summed E-state index contributed by atoms with van der Waals surface area (Å²) in [6.07, 6.45) is 4.36. The molecule has 1 amide bonds. The molecule has 5 heteroatoms. The second-order valence-corrected chi connectivity index (χ2v) is 7.64. The van der Waals surface area contributed by atoms with Crippen molar-refractivity contribution in [2.45, 2.75) is 26.7 Å². The number of aryl methyl sites for hydroxylation is 1. The van der Waals surface area contributed by atoms with Gasteiger partial charge in [-0.15, -0.1) is 0 Å². The summed E-state index contributed by atoms with van der Waals surface area (Å²) in [7, 11) is 0. The zero-order valence-electron chi connectivity index (χ0n) is 14.0. The molecule has 3 aromatic rings. The monoisotopic (exact) mass is 339 g/mol. The molecule has 4 nitrogen and oxygen atoms in total. The number of rotatable bonds is 2. The maximum Gasteiger partial charge on any atom is 0.265 e. The average Bonchev–Trinajstić information content (AvgIpc) is 3.15. The van der Waals surface area contributed by atoms with Crippen molar-refractivity contribution in [2.75, 3.05) is 13.1 Å². The van der Waals surface area contributed by atoms with Crippen LogP contribution in [0.15, 0.2) is 36.5 Å². The first-order valence-corrected chi connectivity index (χ1v) is 9.28. The van der Waals surface area contributed by atoms with E-state index in [9.17, 15) is 4.79 Å². The Morgan fingerprint density at radius 1 is 1.29 bits per heavy atom. The van der Waals surface area contributed by atoms with Crippen molar-refractivity contribution in [1.29, 1.82) is 0 Å². The van der Waals surface area contributed by atoms with Gasteiger partial charge in [-0.1, -0.05) is 48.6 Å². The summed E-state index contributed by atoms with van der Waals surface area (Å²) in [6.45, 7) is 5.98. The Morgan fingerprint density at radius 2 is 2.08 bits per heavy atom. The highest BCUT2D eigenvalue weighted by molar-refractivity contribution is 7.19. The van der Waals surface area contributed by atoms with Crippen molar-refractivity contribution in [1.82, 2.24) is 14.3 Å². The molecule has 1 fully saturated rings. The van der Waals surface area contributed by atoms with Crippen molar-refractivity contribution >= 4 is 22.2 Å². The highest BCUT2D eigenvalue weighted by Gasteiger charge is 2.26. The minimum absolute atomic E-state index is 0.163. The number of carbonyl (C=O) groups excluding carboxylic acids is 1. The van der Waals surface area contributed by atoms with Crippen LogP contribution in [0.4, 0.5) is 0 Å². The average molecular weight is 339 g/mol. The van der Waals surface area contributed by atoms with Crippen LogP contribution >= 0.6 is 11.3 Å². The van der Waals surface area contributed by atoms with Crippen LogP contribution in [0.3, 0.4) is 0 Å². The van der Waals surface area contributed by atoms with Crippen LogP contribution in [0.5, 0.6) is 0 Å². The standard InChI is InChI=1S/C19H21N3OS/c1-13-7-6-10-21(11-13)18(23)17-14(2)22-12-16(20-19(22)24-17)15-8-4-3-5-9-15/h3-5,8-9,12-13H,6-7,10-11H2,1-2H3. The van der Waals surface area contributed by atoms with Crippen LogP contribution in [0.1, 0.15) is 35.1 Å². The van der Waals surface area contributed by atoms with Crippen LogP contribution in [0.2, 0.25) is 0 Å². The van der Waals surface area contributed by atoms with E-state index in [1.807, 2.05) is 40.6 Å². The number of fused-ring (bicyclic) bond motifs is 1. The third kappa shape index (κ3) is 2.63. The number of imidazole rings is 1. The third-order valence-corrected chi connectivity index (χ3v) is 5.91. The van der Waals surface area contributed by atoms with Gasteiger partial charge in [0, 0.05) is 30.5 Å².